The highest BCUT2D eigenvalue weighted by atomic mass is 79.9. The van der Waals surface area contributed by atoms with Crippen molar-refractivity contribution in [2.45, 2.75) is 31.8 Å². The van der Waals surface area contributed by atoms with Gasteiger partial charge in [0.1, 0.15) is 4.60 Å². The molecule has 84 valence electrons. The van der Waals surface area contributed by atoms with E-state index in [0.29, 0.717) is 6.04 Å². The number of rotatable bonds is 5. The van der Waals surface area contributed by atoms with Crippen molar-refractivity contribution in [1.82, 2.24) is 9.88 Å². The zero-order valence-corrected chi connectivity index (χ0v) is 11.4. The zero-order valence-electron chi connectivity index (χ0n) is 9.03. The van der Waals surface area contributed by atoms with Gasteiger partial charge in [-0.1, -0.05) is 0 Å². The largest absolute Gasteiger partial charge is 0.360 e. The predicted octanol–water partition coefficient (Wildman–Crippen LogP) is 2.80. The van der Waals surface area contributed by atoms with Crippen molar-refractivity contribution in [2.75, 3.05) is 18.9 Å². The molecule has 3 nitrogen and oxygen atoms in total. The molecular formula is C10H16BrN3S. The van der Waals surface area contributed by atoms with Crippen LogP contribution in [-0.4, -0.2) is 35.6 Å². The summed E-state index contributed by atoms with van der Waals surface area (Å²) in [5.41, 5.74) is 0. The summed E-state index contributed by atoms with van der Waals surface area (Å²) in [6.45, 7) is 3.22. The van der Waals surface area contributed by atoms with Crippen LogP contribution in [0.15, 0.2) is 9.98 Å². The monoisotopic (exact) mass is 289 g/mol. The van der Waals surface area contributed by atoms with E-state index < -0.39 is 0 Å². The van der Waals surface area contributed by atoms with E-state index in [1.54, 1.807) is 11.3 Å². The molecule has 1 aliphatic rings. The second kappa shape index (κ2) is 4.80. The highest BCUT2D eigenvalue weighted by Gasteiger charge is 2.28. The lowest BCUT2D eigenvalue weighted by Crippen LogP contribution is -2.36. The Balaban J connectivity index is 1.77. The Morgan fingerprint density at radius 1 is 1.73 bits per heavy atom. The maximum Gasteiger partial charge on any atom is 0.183 e. The van der Waals surface area contributed by atoms with Crippen LogP contribution >= 0.6 is 27.3 Å². The summed E-state index contributed by atoms with van der Waals surface area (Å²) in [6, 6.07) is 1.39. The number of anilines is 1. The molecule has 0 bridgehead atoms. The topological polar surface area (TPSA) is 28.2 Å². The zero-order chi connectivity index (χ0) is 10.8. The Morgan fingerprint density at radius 2 is 2.47 bits per heavy atom. The van der Waals surface area contributed by atoms with Gasteiger partial charge in [0.25, 0.3) is 0 Å². The average molecular weight is 290 g/mol. The summed E-state index contributed by atoms with van der Waals surface area (Å²) in [5, 5.41) is 6.36. The summed E-state index contributed by atoms with van der Waals surface area (Å²) in [7, 11) is 2.21. The van der Waals surface area contributed by atoms with Gasteiger partial charge in [-0.05, 0) is 42.7 Å². The van der Waals surface area contributed by atoms with E-state index >= 15 is 0 Å². The fraction of sp³-hybridized carbons (Fsp3) is 0.700. The second-order valence-corrected chi connectivity index (χ2v) is 5.77. The number of hydrogen-bond acceptors (Lipinski definition) is 4. The fourth-order valence-electron chi connectivity index (χ4n) is 1.56. The van der Waals surface area contributed by atoms with Crippen molar-refractivity contribution in [1.29, 1.82) is 0 Å². The molecule has 1 aliphatic carbocycles. The summed E-state index contributed by atoms with van der Waals surface area (Å²) in [4.78, 5) is 6.76. The molecule has 1 atom stereocenters. The second-order valence-electron chi connectivity index (χ2n) is 4.10. The molecule has 1 fully saturated rings. The molecule has 0 amide bonds. The third kappa shape index (κ3) is 3.16. The number of halogens is 1. The maximum atomic E-state index is 4.31. The van der Waals surface area contributed by atoms with E-state index in [1.807, 2.05) is 5.38 Å². The Morgan fingerprint density at radius 3 is 3.00 bits per heavy atom. The van der Waals surface area contributed by atoms with Crippen LogP contribution in [-0.2, 0) is 0 Å². The molecular weight excluding hydrogens is 274 g/mol. The fourth-order valence-corrected chi connectivity index (χ4v) is 2.71. The highest BCUT2D eigenvalue weighted by Crippen LogP contribution is 2.27. The van der Waals surface area contributed by atoms with E-state index in [-0.39, 0.29) is 0 Å². The lowest BCUT2D eigenvalue weighted by Gasteiger charge is -2.24. The Kier molecular flexibility index (Phi) is 3.64. The van der Waals surface area contributed by atoms with Gasteiger partial charge in [-0.25, -0.2) is 4.98 Å². The van der Waals surface area contributed by atoms with Crippen molar-refractivity contribution >= 4 is 32.4 Å². The van der Waals surface area contributed by atoms with Crippen LogP contribution in [0.3, 0.4) is 0 Å². The van der Waals surface area contributed by atoms with Crippen molar-refractivity contribution in [3.8, 4) is 0 Å². The van der Waals surface area contributed by atoms with E-state index in [9.17, 15) is 0 Å². The van der Waals surface area contributed by atoms with Crippen molar-refractivity contribution in [3.63, 3.8) is 0 Å². The molecule has 1 aromatic rings. The molecule has 1 aromatic heterocycles. The van der Waals surface area contributed by atoms with Gasteiger partial charge in [-0.3, -0.25) is 4.90 Å². The molecule has 0 aliphatic heterocycles. The van der Waals surface area contributed by atoms with Gasteiger partial charge < -0.3 is 5.32 Å². The van der Waals surface area contributed by atoms with Gasteiger partial charge in [0.15, 0.2) is 5.13 Å². The number of aromatic nitrogens is 1. The van der Waals surface area contributed by atoms with Crippen LogP contribution in [0.25, 0.3) is 0 Å². The van der Waals surface area contributed by atoms with Crippen LogP contribution in [0.2, 0.25) is 0 Å². The van der Waals surface area contributed by atoms with E-state index in [1.165, 1.54) is 12.8 Å². The van der Waals surface area contributed by atoms with Crippen LogP contribution in [0.4, 0.5) is 5.13 Å². The van der Waals surface area contributed by atoms with Crippen molar-refractivity contribution in [3.05, 3.63) is 9.98 Å². The summed E-state index contributed by atoms with van der Waals surface area (Å²) in [6.07, 6.45) is 2.73. The SMILES string of the molecule is CC(CNc1nc(Br)cs1)N(C)C1CC1. The molecule has 0 spiro atoms. The first-order valence-corrected chi connectivity index (χ1v) is 6.91. The Bertz CT molecular complexity index is 324. The van der Waals surface area contributed by atoms with Crippen LogP contribution in [0, 0.1) is 0 Å². The Labute approximate surface area is 103 Å². The smallest absolute Gasteiger partial charge is 0.183 e. The number of thiazole rings is 1. The third-order valence-corrected chi connectivity index (χ3v) is 4.35. The normalized spacial score (nSPS) is 18.1. The van der Waals surface area contributed by atoms with Crippen LogP contribution < -0.4 is 5.32 Å². The van der Waals surface area contributed by atoms with Crippen LogP contribution in [0.5, 0.6) is 0 Å². The molecule has 15 heavy (non-hydrogen) atoms. The van der Waals surface area contributed by atoms with Crippen molar-refractivity contribution < 1.29 is 0 Å². The number of hydrogen-bond donors (Lipinski definition) is 1. The lowest BCUT2D eigenvalue weighted by atomic mass is 10.3. The number of nitrogens with one attached hydrogen (secondary N) is 1. The minimum atomic E-state index is 0.570. The first-order valence-electron chi connectivity index (χ1n) is 5.23. The molecule has 0 saturated heterocycles. The minimum Gasteiger partial charge on any atom is -0.360 e. The molecule has 2 rings (SSSR count). The Hall–Kier alpha value is -0.130. The van der Waals surface area contributed by atoms with Gasteiger partial charge in [0.05, 0.1) is 0 Å². The molecule has 1 N–H and O–H groups in total. The van der Waals surface area contributed by atoms with Gasteiger partial charge in [-0.2, -0.15) is 0 Å². The maximum absolute atomic E-state index is 4.31. The number of nitrogens with zero attached hydrogens (tertiary/aromatic N) is 2. The summed E-state index contributed by atoms with van der Waals surface area (Å²) in [5.74, 6) is 0. The molecule has 0 radical (unpaired) electrons. The minimum absolute atomic E-state index is 0.570. The predicted molar refractivity (Wildman–Crippen MR) is 68.6 cm³/mol. The van der Waals surface area contributed by atoms with Gasteiger partial charge in [-0.15, -0.1) is 11.3 Å². The summed E-state index contributed by atoms with van der Waals surface area (Å²) < 4.78 is 0.915. The van der Waals surface area contributed by atoms with E-state index in [4.69, 9.17) is 0 Å². The first kappa shape index (κ1) is 11.4. The van der Waals surface area contributed by atoms with E-state index in [2.05, 4.69) is 45.1 Å². The quantitative estimate of drug-likeness (QED) is 0.904. The molecule has 1 heterocycles. The number of likely N-dealkylation sites (N-methyl/N-ethyl adjacent to an activating group) is 1. The first-order chi connectivity index (χ1) is 7.16. The molecule has 5 heteroatoms. The van der Waals surface area contributed by atoms with Gasteiger partial charge in [0, 0.05) is 24.0 Å². The molecule has 1 saturated carbocycles. The lowest BCUT2D eigenvalue weighted by molar-refractivity contribution is 0.257. The third-order valence-electron chi connectivity index (χ3n) is 2.84. The average Bonchev–Trinajstić information content (AvgIpc) is 2.98. The van der Waals surface area contributed by atoms with Crippen LogP contribution in [0.1, 0.15) is 19.8 Å². The van der Waals surface area contributed by atoms with Gasteiger partial charge in [0.2, 0.25) is 0 Å². The molecule has 0 aromatic carbocycles. The van der Waals surface area contributed by atoms with Gasteiger partial charge >= 0.3 is 0 Å². The van der Waals surface area contributed by atoms with E-state index in [0.717, 1.165) is 22.3 Å². The summed E-state index contributed by atoms with van der Waals surface area (Å²) >= 11 is 4.99. The molecule has 1 unspecified atom stereocenters. The highest BCUT2D eigenvalue weighted by molar-refractivity contribution is 9.10. The van der Waals surface area contributed by atoms with Crippen molar-refractivity contribution in [2.24, 2.45) is 0 Å². The standard InChI is InChI=1S/C10H16BrN3S/c1-7(14(2)8-3-4-8)5-12-10-13-9(11)6-15-10/h6-8H,3-5H2,1-2H3,(H,12,13).